The normalized spacial score (nSPS) is 14.0. The van der Waals surface area contributed by atoms with Crippen LogP contribution < -0.4 is 14.8 Å². The SMILES string of the molecule is CCCOc1cccc(C(C)(C)NC(=O)c2ncn3c(OC)cc(C4CC4)nc23)c1. The lowest BCUT2D eigenvalue weighted by atomic mass is 9.94. The number of carbonyl (C=O) groups is 1. The van der Waals surface area contributed by atoms with Crippen LogP contribution in [0.3, 0.4) is 0 Å². The molecular formula is C23H28N4O3. The Hall–Kier alpha value is -3.09. The van der Waals surface area contributed by atoms with E-state index in [1.807, 2.05) is 44.2 Å². The number of hydrogen-bond donors (Lipinski definition) is 1. The number of hydrogen-bond acceptors (Lipinski definition) is 5. The first-order valence-electron chi connectivity index (χ1n) is 10.4. The molecule has 1 saturated carbocycles. The fourth-order valence-corrected chi connectivity index (χ4v) is 3.48. The zero-order valence-electron chi connectivity index (χ0n) is 17.9. The molecule has 0 spiro atoms. The first kappa shape index (κ1) is 20.2. The summed E-state index contributed by atoms with van der Waals surface area (Å²) in [4.78, 5) is 22.2. The van der Waals surface area contributed by atoms with Gasteiger partial charge in [0.25, 0.3) is 5.91 Å². The zero-order chi connectivity index (χ0) is 21.3. The Kier molecular flexibility index (Phi) is 5.37. The van der Waals surface area contributed by atoms with E-state index in [9.17, 15) is 4.79 Å². The van der Waals surface area contributed by atoms with E-state index in [1.54, 1.807) is 17.8 Å². The molecular weight excluding hydrogens is 380 g/mol. The lowest BCUT2D eigenvalue weighted by Gasteiger charge is -2.27. The van der Waals surface area contributed by atoms with Gasteiger partial charge >= 0.3 is 0 Å². The molecule has 0 aliphatic heterocycles. The van der Waals surface area contributed by atoms with Gasteiger partial charge in [0.1, 0.15) is 12.1 Å². The molecule has 3 aromatic rings. The minimum Gasteiger partial charge on any atom is -0.494 e. The van der Waals surface area contributed by atoms with Crippen molar-refractivity contribution in [3.63, 3.8) is 0 Å². The molecule has 7 nitrogen and oxygen atoms in total. The molecule has 0 saturated heterocycles. The summed E-state index contributed by atoms with van der Waals surface area (Å²) in [6.45, 7) is 6.66. The Morgan fingerprint density at radius 3 is 2.80 bits per heavy atom. The number of benzene rings is 1. The number of ether oxygens (including phenoxy) is 2. The van der Waals surface area contributed by atoms with Crippen LogP contribution in [0, 0.1) is 0 Å². The van der Waals surface area contributed by atoms with E-state index in [2.05, 4.69) is 17.2 Å². The number of aromatic nitrogens is 3. The number of imidazole rings is 1. The molecule has 7 heteroatoms. The molecule has 0 atom stereocenters. The molecule has 1 N–H and O–H groups in total. The van der Waals surface area contributed by atoms with Crippen LogP contribution in [0.4, 0.5) is 0 Å². The molecule has 1 fully saturated rings. The van der Waals surface area contributed by atoms with Gasteiger partial charge in [-0.2, -0.15) is 0 Å². The van der Waals surface area contributed by atoms with E-state index in [-0.39, 0.29) is 5.91 Å². The van der Waals surface area contributed by atoms with Crippen molar-refractivity contribution in [2.24, 2.45) is 0 Å². The van der Waals surface area contributed by atoms with E-state index in [4.69, 9.17) is 14.5 Å². The lowest BCUT2D eigenvalue weighted by molar-refractivity contribution is 0.0908. The standard InChI is InChI=1S/C23H28N4O3/c1-5-11-30-17-8-6-7-16(12-17)23(2,3)26-22(28)20-21-25-18(15-9-10-15)13-19(29-4)27(21)14-24-20/h6-8,12-15H,5,9-11H2,1-4H3,(H,26,28). The maximum atomic E-state index is 13.2. The molecule has 0 bridgehead atoms. The molecule has 0 unspecified atom stereocenters. The van der Waals surface area contributed by atoms with Crippen LogP contribution in [0.25, 0.3) is 5.65 Å². The van der Waals surface area contributed by atoms with Crippen molar-refractivity contribution in [1.29, 1.82) is 0 Å². The Morgan fingerprint density at radius 1 is 1.30 bits per heavy atom. The Bertz CT molecular complexity index is 1070. The van der Waals surface area contributed by atoms with Crippen LogP contribution in [0.15, 0.2) is 36.7 Å². The number of rotatable bonds is 8. The molecule has 1 aliphatic rings. The molecule has 1 aliphatic carbocycles. The smallest absolute Gasteiger partial charge is 0.274 e. The zero-order valence-corrected chi connectivity index (χ0v) is 17.9. The van der Waals surface area contributed by atoms with Gasteiger partial charge in [-0.05, 0) is 50.8 Å². The number of methoxy groups -OCH3 is 1. The van der Waals surface area contributed by atoms with Crippen molar-refractivity contribution in [2.45, 2.75) is 51.5 Å². The van der Waals surface area contributed by atoms with Gasteiger partial charge in [0, 0.05) is 12.0 Å². The quantitative estimate of drug-likeness (QED) is 0.608. The second-order valence-corrected chi connectivity index (χ2v) is 8.24. The molecule has 1 aromatic carbocycles. The summed E-state index contributed by atoms with van der Waals surface area (Å²) >= 11 is 0. The van der Waals surface area contributed by atoms with Crippen LogP contribution >= 0.6 is 0 Å². The number of carbonyl (C=O) groups excluding carboxylic acids is 1. The number of nitrogens with zero attached hydrogens (tertiary/aromatic N) is 3. The first-order chi connectivity index (χ1) is 14.4. The fraction of sp³-hybridized carbons (Fsp3) is 0.435. The highest BCUT2D eigenvalue weighted by Gasteiger charge is 2.30. The molecule has 158 valence electrons. The van der Waals surface area contributed by atoms with Gasteiger partial charge in [-0.1, -0.05) is 19.1 Å². The summed E-state index contributed by atoms with van der Waals surface area (Å²) in [6.07, 6.45) is 4.76. The second kappa shape index (κ2) is 7.97. The molecule has 30 heavy (non-hydrogen) atoms. The van der Waals surface area contributed by atoms with Crippen LogP contribution in [-0.2, 0) is 5.54 Å². The van der Waals surface area contributed by atoms with Crippen molar-refractivity contribution in [3.8, 4) is 11.6 Å². The van der Waals surface area contributed by atoms with Gasteiger partial charge in [0.15, 0.2) is 11.3 Å². The lowest BCUT2D eigenvalue weighted by Crippen LogP contribution is -2.41. The highest BCUT2D eigenvalue weighted by Crippen LogP contribution is 2.40. The molecule has 0 radical (unpaired) electrons. The predicted molar refractivity (Wildman–Crippen MR) is 114 cm³/mol. The van der Waals surface area contributed by atoms with Crippen molar-refractivity contribution >= 4 is 11.6 Å². The van der Waals surface area contributed by atoms with Gasteiger partial charge in [-0.3, -0.25) is 9.20 Å². The third-order valence-corrected chi connectivity index (χ3v) is 5.36. The summed E-state index contributed by atoms with van der Waals surface area (Å²) in [5, 5.41) is 3.10. The van der Waals surface area contributed by atoms with E-state index in [0.29, 0.717) is 29.7 Å². The molecule has 2 heterocycles. The van der Waals surface area contributed by atoms with Gasteiger partial charge in [0.05, 0.1) is 24.9 Å². The maximum absolute atomic E-state index is 13.2. The van der Waals surface area contributed by atoms with Crippen LogP contribution in [0.1, 0.15) is 67.7 Å². The summed E-state index contributed by atoms with van der Waals surface area (Å²) in [5.74, 6) is 1.60. The average molecular weight is 409 g/mol. The maximum Gasteiger partial charge on any atom is 0.274 e. The predicted octanol–water partition coefficient (Wildman–Crippen LogP) is 4.07. The van der Waals surface area contributed by atoms with Gasteiger partial charge < -0.3 is 14.8 Å². The summed E-state index contributed by atoms with van der Waals surface area (Å²) < 4.78 is 12.9. The van der Waals surface area contributed by atoms with E-state index in [0.717, 1.165) is 36.3 Å². The summed E-state index contributed by atoms with van der Waals surface area (Å²) in [7, 11) is 1.61. The minimum atomic E-state index is -0.614. The van der Waals surface area contributed by atoms with Gasteiger partial charge in [-0.15, -0.1) is 0 Å². The topological polar surface area (TPSA) is 77.8 Å². The van der Waals surface area contributed by atoms with Crippen LogP contribution in [-0.4, -0.2) is 34.0 Å². The summed E-state index contributed by atoms with van der Waals surface area (Å²) in [6, 6.07) is 9.74. The van der Waals surface area contributed by atoms with Crippen LogP contribution in [0.5, 0.6) is 11.6 Å². The Labute approximate surface area is 176 Å². The number of fused-ring (bicyclic) bond motifs is 1. The third-order valence-electron chi connectivity index (χ3n) is 5.36. The van der Waals surface area contributed by atoms with Crippen LogP contribution in [0.2, 0.25) is 0 Å². The minimum absolute atomic E-state index is 0.273. The van der Waals surface area contributed by atoms with Crippen molar-refractivity contribution in [1.82, 2.24) is 19.7 Å². The van der Waals surface area contributed by atoms with E-state index in [1.165, 1.54) is 0 Å². The average Bonchev–Trinajstić information content (AvgIpc) is 3.50. The Morgan fingerprint density at radius 2 is 2.10 bits per heavy atom. The highest BCUT2D eigenvalue weighted by atomic mass is 16.5. The number of amides is 1. The molecule has 4 rings (SSSR count). The third kappa shape index (κ3) is 3.97. The van der Waals surface area contributed by atoms with Crippen molar-refractivity contribution < 1.29 is 14.3 Å². The molecule has 1 amide bonds. The van der Waals surface area contributed by atoms with E-state index >= 15 is 0 Å². The highest BCUT2D eigenvalue weighted by molar-refractivity contribution is 5.98. The monoisotopic (exact) mass is 408 g/mol. The van der Waals surface area contributed by atoms with Crippen molar-refractivity contribution in [2.75, 3.05) is 13.7 Å². The second-order valence-electron chi connectivity index (χ2n) is 8.24. The fourth-order valence-electron chi connectivity index (χ4n) is 3.48. The summed E-state index contributed by atoms with van der Waals surface area (Å²) in [5.41, 5.74) is 2.11. The Balaban J connectivity index is 1.62. The number of nitrogens with one attached hydrogen (secondary N) is 1. The van der Waals surface area contributed by atoms with E-state index < -0.39 is 5.54 Å². The van der Waals surface area contributed by atoms with Gasteiger partial charge in [0.2, 0.25) is 5.88 Å². The largest absolute Gasteiger partial charge is 0.494 e. The molecule has 2 aromatic heterocycles. The van der Waals surface area contributed by atoms with Crippen molar-refractivity contribution in [3.05, 3.63) is 53.6 Å². The first-order valence-corrected chi connectivity index (χ1v) is 10.4. The van der Waals surface area contributed by atoms with Gasteiger partial charge in [-0.25, -0.2) is 9.97 Å².